The van der Waals surface area contributed by atoms with E-state index in [4.69, 9.17) is 4.74 Å². The molecule has 306 valence electrons. The molecule has 4 atom stereocenters. The van der Waals surface area contributed by atoms with Gasteiger partial charge in [0.1, 0.15) is 17.7 Å². The number of thiophene rings is 1. The Morgan fingerprint density at radius 2 is 1.56 bits per heavy atom. The molecule has 1 aliphatic heterocycles. The second-order valence-corrected chi connectivity index (χ2v) is 18.6. The summed E-state index contributed by atoms with van der Waals surface area (Å²) in [5, 5.41) is 13.5. The Hall–Kier alpha value is -3.64. The molecule has 2 rings (SSSR count). The molecule has 0 bridgehead atoms. The minimum Gasteiger partial charge on any atom is -0.458 e. The number of carbonyl (C=O) groups excluding carboxylic acids is 7. The van der Waals surface area contributed by atoms with Gasteiger partial charge in [0, 0.05) is 47.5 Å². The smallest absolute Gasteiger partial charge is 0.329 e. The lowest BCUT2D eigenvalue weighted by Gasteiger charge is -2.38. The summed E-state index contributed by atoms with van der Waals surface area (Å²) in [6.45, 7) is 20.1. The summed E-state index contributed by atoms with van der Waals surface area (Å²) in [6.07, 6.45) is 3.72. The first-order chi connectivity index (χ1) is 25.3. The standard InChI is InChI=1S/C39H59IN6O8S/c1-23(2)26(46(40)35(52)32(37(4,5)6)44-34(51)31(41-12)39(10,11)27-14-13-21-55-27)22-24(3)33(50)43-25(36(53)54-38(7,8)9)15-16-28(47)42-19-20-45-29(48)17-18-30(45)49/h13-14,17-18,21-23,25-26,31-32,41H,15-16,19-20H2,1-12H3,(H,42,47)(H,43,50)(H,44,51)/b24-22+/t25-,26-,31?,32-/m1/s1. The van der Waals surface area contributed by atoms with Gasteiger partial charge in [0.2, 0.25) is 17.7 Å². The molecule has 14 nitrogen and oxygen atoms in total. The molecule has 1 aromatic heterocycles. The molecule has 4 N–H and O–H groups in total. The Morgan fingerprint density at radius 1 is 0.964 bits per heavy atom. The van der Waals surface area contributed by atoms with Gasteiger partial charge in [-0.1, -0.05) is 60.6 Å². The fraction of sp³-hybridized carbons (Fsp3) is 0.615. The number of likely N-dealkylation sites (N-methyl/N-ethyl adjacent to an activating group) is 1. The quantitative estimate of drug-likeness (QED) is 0.0558. The van der Waals surface area contributed by atoms with Crippen molar-refractivity contribution >= 4 is 75.6 Å². The molecule has 0 saturated carbocycles. The van der Waals surface area contributed by atoms with Gasteiger partial charge >= 0.3 is 5.97 Å². The summed E-state index contributed by atoms with van der Waals surface area (Å²) in [6, 6.07) is 0.612. The van der Waals surface area contributed by atoms with Crippen molar-refractivity contribution in [1.82, 2.24) is 29.3 Å². The highest BCUT2D eigenvalue weighted by molar-refractivity contribution is 14.1. The van der Waals surface area contributed by atoms with Crippen LogP contribution in [0.25, 0.3) is 0 Å². The van der Waals surface area contributed by atoms with Gasteiger partial charge in [0.05, 0.1) is 34.9 Å². The molecule has 0 fully saturated rings. The molecule has 2 heterocycles. The van der Waals surface area contributed by atoms with Crippen molar-refractivity contribution in [2.75, 3.05) is 20.1 Å². The number of hydrogen-bond acceptors (Lipinski definition) is 10. The Kier molecular flexibility index (Phi) is 17.3. The van der Waals surface area contributed by atoms with E-state index < -0.39 is 70.2 Å². The third kappa shape index (κ3) is 13.8. The Balaban J connectivity index is 2.23. The maximum Gasteiger partial charge on any atom is 0.329 e. The maximum absolute atomic E-state index is 14.3. The van der Waals surface area contributed by atoms with Crippen molar-refractivity contribution < 1.29 is 38.3 Å². The summed E-state index contributed by atoms with van der Waals surface area (Å²) in [4.78, 5) is 93.1. The van der Waals surface area contributed by atoms with Gasteiger partial charge in [0.25, 0.3) is 17.7 Å². The monoisotopic (exact) mass is 898 g/mol. The molecule has 1 unspecified atom stereocenters. The molecule has 0 radical (unpaired) electrons. The number of esters is 1. The third-order valence-corrected chi connectivity index (χ3v) is 11.3. The van der Waals surface area contributed by atoms with Crippen LogP contribution in [-0.4, -0.2) is 99.3 Å². The lowest BCUT2D eigenvalue weighted by molar-refractivity contribution is -0.158. The number of amides is 6. The highest BCUT2D eigenvalue weighted by atomic mass is 127. The largest absolute Gasteiger partial charge is 0.458 e. The number of nitrogens with one attached hydrogen (secondary N) is 4. The lowest BCUT2D eigenvalue weighted by Crippen LogP contribution is -2.61. The summed E-state index contributed by atoms with van der Waals surface area (Å²) >= 11 is 3.49. The fourth-order valence-corrected chi connectivity index (χ4v) is 7.78. The van der Waals surface area contributed by atoms with E-state index in [-0.39, 0.29) is 49.2 Å². The van der Waals surface area contributed by atoms with E-state index in [9.17, 15) is 33.6 Å². The van der Waals surface area contributed by atoms with Crippen LogP contribution in [0, 0.1) is 11.3 Å². The van der Waals surface area contributed by atoms with Gasteiger partial charge in [-0.3, -0.25) is 36.8 Å². The van der Waals surface area contributed by atoms with Gasteiger partial charge in [-0.25, -0.2) is 4.79 Å². The molecular formula is C39H59IN6O8S. The van der Waals surface area contributed by atoms with Crippen LogP contribution in [0.4, 0.5) is 0 Å². The third-order valence-electron chi connectivity index (χ3n) is 8.98. The molecule has 1 aliphatic rings. The van der Waals surface area contributed by atoms with E-state index in [1.165, 1.54) is 3.11 Å². The summed E-state index contributed by atoms with van der Waals surface area (Å²) in [7, 11) is 1.72. The Bertz CT molecular complexity index is 1610. The van der Waals surface area contributed by atoms with Crippen molar-refractivity contribution in [2.24, 2.45) is 11.3 Å². The predicted octanol–water partition coefficient (Wildman–Crippen LogP) is 3.94. The fourth-order valence-electron chi connectivity index (χ4n) is 5.82. The second-order valence-electron chi connectivity index (χ2n) is 16.6. The summed E-state index contributed by atoms with van der Waals surface area (Å²) in [5.74, 6) is -3.50. The maximum atomic E-state index is 14.3. The normalized spacial score (nSPS) is 16.0. The molecule has 16 heteroatoms. The van der Waals surface area contributed by atoms with Crippen LogP contribution in [0.1, 0.15) is 93.9 Å². The summed E-state index contributed by atoms with van der Waals surface area (Å²) < 4.78 is 7.05. The number of carbonyl (C=O) groups is 7. The van der Waals surface area contributed by atoms with Crippen LogP contribution >= 0.6 is 34.2 Å². The van der Waals surface area contributed by atoms with Crippen molar-refractivity contribution in [2.45, 2.75) is 124 Å². The zero-order chi connectivity index (χ0) is 42.1. The van der Waals surface area contributed by atoms with Crippen LogP contribution in [0.5, 0.6) is 0 Å². The van der Waals surface area contributed by atoms with Crippen molar-refractivity contribution in [3.05, 3.63) is 46.2 Å². The average molecular weight is 899 g/mol. The molecule has 0 aromatic carbocycles. The van der Waals surface area contributed by atoms with E-state index in [0.29, 0.717) is 0 Å². The van der Waals surface area contributed by atoms with Crippen LogP contribution < -0.4 is 21.3 Å². The van der Waals surface area contributed by atoms with Gasteiger partial charge in [0.15, 0.2) is 0 Å². The number of hydrogen-bond donors (Lipinski definition) is 4. The van der Waals surface area contributed by atoms with E-state index in [1.807, 2.05) is 88.8 Å². The second kappa shape index (κ2) is 20.0. The summed E-state index contributed by atoms with van der Waals surface area (Å²) in [5.41, 5.74) is -1.88. The Labute approximate surface area is 343 Å². The van der Waals surface area contributed by atoms with Gasteiger partial charge in [-0.15, -0.1) is 11.3 Å². The van der Waals surface area contributed by atoms with Crippen LogP contribution in [0.3, 0.4) is 0 Å². The minimum absolute atomic E-state index is 0.00686. The van der Waals surface area contributed by atoms with Crippen LogP contribution in [-0.2, 0) is 43.7 Å². The average Bonchev–Trinajstić information content (AvgIpc) is 3.73. The molecule has 55 heavy (non-hydrogen) atoms. The van der Waals surface area contributed by atoms with Crippen molar-refractivity contribution in [3.8, 4) is 0 Å². The van der Waals surface area contributed by atoms with Crippen molar-refractivity contribution in [3.63, 3.8) is 0 Å². The molecule has 6 amide bonds. The first-order valence-electron chi connectivity index (χ1n) is 18.3. The van der Waals surface area contributed by atoms with Gasteiger partial charge in [-0.05, 0) is 63.9 Å². The van der Waals surface area contributed by atoms with Crippen LogP contribution in [0.2, 0.25) is 0 Å². The van der Waals surface area contributed by atoms with Gasteiger partial charge in [-0.2, -0.15) is 0 Å². The first kappa shape index (κ1) is 47.5. The molecule has 1 aromatic rings. The zero-order valence-electron chi connectivity index (χ0n) is 34.1. The number of rotatable bonds is 18. The topological polar surface area (TPSA) is 183 Å². The van der Waals surface area contributed by atoms with E-state index in [0.717, 1.165) is 21.9 Å². The van der Waals surface area contributed by atoms with E-state index in [1.54, 1.807) is 52.2 Å². The number of imide groups is 1. The molecule has 0 aliphatic carbocycles. The van der Waals surface area contributed by atoms with Gasteiger partial charge < -0.3 is 26.0 Å². The SMILES string of the molecule is CNC(C(=O)N[C@H](C(=O)N(I)[C@H](/C=C(\C)C(=O)N[C@H](CCC(=O)NCCN1C(=O)C=CC1=O)C(=O)OC(C)(C)C)C(C)C)C(C)(C)C)C(C)(C)c1cccs1. The number of nitrogens with zero attached hydrogens (tertiary/aromatic N) is 2. The first-order valence-corrected chi connectivity index (χ1v) is 20.2. The van der Waals surface area contributed by atoms with Crippen molar-refractivity contribution in [1.29, 1.82) is 0 Å². The Morgan fingerprint density at radius 3 is 2.05 bits per heavy atom. The zero-order valence-corrected chi connectivity index (χ0v) is 37.1. The molecule has 0 saturated heterocycles. The molecule has 0 spiro atoms. The number of halogens is 1. The highest BCUT2D eigenvalue weighted by Crippen LogP contribution is 2.32. The molecular weight excluding hydrogens is 839 g/mol. The van der Waals surface area contributed by atoms with E-state index in [2.05, 4.69) is 21.3 Å². The number of ether oxygens (including phenoxy) is 1. The van der Waals surface area contributed by atoms with E-state index >= 15 is 0 Å². The lowest BCUT2D eigenvalue weighted by atomic mass is 9.81. The predicted molar refractivity (Wildman–Crippen MR) is 221 cm³/mol. The minimum atomic E-state index is -1.18. The van der Waals surface area contributed by atoms with Crippen LogP contribution in [0.15, 0.2) is 41.3 Å². The highest BCUT2D eigenvalue weighted by Gasteiger charge is 2.42.